The van der Waals surface area contributed by atoms with E-state index >= 15 is 0 Å². The third-order valence-corrected chi connectivity index (χ3v) is 5.54. The summed E-state index contributed by atoms with van der Waals surface area (Å²) in [6.45, 7) is 3.61. The van der Waals surface area contributed by atoms with Gasteiger partial charge in [-0.2, -0.15) is 0 Å². The Labute approximate surface area is 164 Å². The Morgan fingerprint density at radius 1 is 1.19 bits per heavy atom. The first-order valence-electron chi connectivity index (χ1n) is 9.16. The van der Waals surface area contributed by atoms with E-state index in [1.54, 1.807) is 35.5 Å². The van der Waals surface area contributed by atoms with Gasteiger partial charge in [-0.05, 0) is 48.4 Å². The smallest absolute Gasteiger partial charge is 0.260 e. The number of quaternary nitrogens is 1. The van der Waals surface area contributed by atoms with Crippen LogP contribution in [0.3, 0.4) is 0 Å². The maximum atomic E-state index is 13.2. The quantitative estimate of drug-likeness (QED) is 0.681. The number of methoxy groups -OCH3 is 1. The summed E-state index contributed by atoms with van der Waals surface area (Å²) >= 11 is 1.58. The summed E-state index contributed by atoms with van der Waals surface area (Å²) in [6, 6.07) is 13.6. The molecule has 0 fully saturated rings. The minimum Gasteiger partial charge on any atom is -0.497 e. The van der Waals surface area contributed by atoms with Crippen molar-refractivity contribution in [2.45, 2.75) is 13.3 Å². The first-order chi connectivity index (χ1) is 13.0. The highest BCUT2D eigenvalue weighted by Crippen LogP contribution is 2.30. The zero-order chi connectivity index (χ0) is 19.4. The fraction of sp³-hybridized carbons (Fsp3) is 0.333. The van der Waals surface area contributed by atoms with Gasteiger partial charge in [0.15, 0.2) is 5.13 Å². The lowest BCUT2D eigenvalue weighted by Gasteiger charge is -2.20. The van der Waals surface area contributed by atoms with Gasteiger partial charge in [-0.3, -0.25) is 9.69 Å². The molecule has 6 heteroatoms. The van der Waals surface area contributed by atoms with Crippen molar-refractivity contribution in [3.8, 4) is 5.75 Å². The molecule has 0 saturated heterocycles. The lowest BCUT2D eigenvalue weighted by molar-refractivity contribution is -0.856. The molecule has 0 aliphatic rings. The third kappa shape index (κ3) is 4.46. The minimum absolute atomic E-state index is 0.0336. The van der Waals surface area contributed by atoms with E-state index in [1.807, 2.05) is 18.2 Å². The first kappa shape index (κ1) is 19.3. The van der Waals surface area contributed by atoms with Gasteiger partial charge in [0, 0.05) is 5.56 Å². The predicted molar refractivity (Wildman–Crippen MR) is 111 cm³/mol. The van der Waals surface area contributed by atoms with Crippen molar-refractivity contribution in [2.24, 2.45) is 0 Å². The molecule has 3 rings (SSSR count). The van der Waals surface area contributed by atoms with E-state index in [0.29, 0.717) is 12.1 Å². The molecule has 0 saturated carbocycles. The van der Waals surface area contributed by atoms with Crippen LogP contribution in [0.1, 0.15) is 22.8 Å². The van der Waals surface area contributed by atoms with Crippen LogP contribution in [0.25, 0.3) is 10.2 Å². The van der Waals surface area contributed by atoms with Crippen molar-refractivity contribution < 1.29 is 14.4 Å². The molecule has 0 spiro atoms. The molecule has 27 heavy (non-hydrogen) atoms. The van der Waals surface area contributed by atoms with Crippen LogP contribution < -0.4 is 14.5 Å². The summed E-state index contributed by atoms with van der Waals surface area (Å²) in [4.78, 5) is 21.0. The molecule has 1 amide bonds. The number of rotatable bonds is 7. The number of thiazole rings is 1. The number of nitrogens with one attached hydrogen (secondary N) is 1. The normalized spacial score (nSPS) is 11.1. The van der Waals surface area contributed by atoms with Crippen LogP contribution in [0.5, 0.6) is 5.75 Å². The zero-order valence-corrected chi connectivity index (χ0v) is 17.1. The number of aryl methyl sites for hydroxylation is 1. The SMILES string of the molecule is CCc1ccc2nc(N(CC[NH+](C)C)C(=O)c3ccc(OC)cc3)sc2c1. The van der Waals surface area contributed by atoms with Gasteiger partial charge >= 0.3 is 0 Å². The van der Waals surface area contributed by atoms with Crippen molar-refractivity contribution >= 4 is 32.6 Å². The van der Waals surface area contributed by atoms with Crippen molar-refractivity contribution in [1.29, 1.82) is 0 Å². The summed E-state index contributed by atoms with van der Waals surface area (Å²) in [7, 11) is 5.79. The van der Waals surface area contributed by atoms with Gasteiger partial charge in [0.1, 0.15) is 5.75 Å². The Morgan fingerprint density at radius 2 is 1.93 bits per heavy atom. The molecule has 0 aliphatic carbocycles. The number of hydrogen-bond acceptors (Lipinski definition) is 4. The second kappa shape index (κ2) is 8.50. The number of likely N-dealkylation sites (N-methyl/N-ethyl adjacent to an activating group) is 1. The molecule has 1 N–H and O–H groups in total. The average Bonchev–Trinajstić information content (AvgIpc) is 3.10. The van der Waals surface area contributed by atoms with Crippen LogP contribution >= 0.6 is 11.3 Å². The van der Waals surface area contributed by atoms with Crippen LogP contribution in [0.2, 0.25) is 0 Å². The fourth-order valence-electron chi connectivity index (χ4n) is 2.80. The Kier molecular flexibility index (Phi) is 6.08. The number of anilines is 1. The van der Waals surface area contributed by atoms with Gasteiger partial charge < -0.3 is 9.64 Å². The van der Waals surface area contributed by atoms with E-state index in [4.69, 9.17) is 9.72 Å². The maximum absolute atomic E-state index is 13.2. The van der Waals surface area contributed by atoms with Gasteiger partial charge in [0.2, 0.25) is 0 Å². The van der Waals surface area contributed by atoms with Crippen molar-refractivity contribution in [1.82, 2.24) is 4.98 Å². The van der Waals surface area contributed by atoms with Gasteiger partial charge in [0.05, 0.1) is 44.5 Å². The highest BCUT2D eigenvalue weighted by atomic mass is 32.1. The predicted octanol–water partition coefficient (Wildman–Crippen LogP) is 2.66. The summed E-state index contributed by atoms with van der Waals surface area (Å²) in [6.07, 6.45) is 0.988. The van der Waals surface area contributed by atoms with E-state index in [-0.39, 0.29) is 5.91 Å². The van der Waals surface area contributed by atoms with Gasteiger partial charge in [0.25, 0.3) is 5.91 Å². The summed E-state index contributed by atoms with van der Waals surface area (Å²) in [5.41, 5.74) is 2.86. The molecule has 1 heterocycles. The van der Waals surface area contributed by atoms with Crippen molar-refractivity contribution in [3.63, 3.8) is 0 Å². The lowest BCUT2D eigenvalue weighted by Crippen LogP contribution is -3.06. The third-order valence-electron chi connectivity index (χ3n) is 4.50. The Morgan fingerprint density at radius 3 is 2.56 bits per heavy atom. The average molecular weight is 385 g/mol. The monoisotopic (exact) mass is 384 g/mol. The highest BCUT2D eigenvalue weighted by Gasteiger charge is 2.22. The summed E-state index contributed by atoms with van der Waals surface area (Å²) < 4.78 is 6.32. The van der Waals surface area contributed by atoms with Gasteiger partial charge in [-0.15, -0.1) is 0 Å². The van der Waals surface area contributed by atoms with Gasteiger partial charge in [-0.25, -0.2) is 4.98 Å². The molecule has 0 radical (unpaired) electrons. The Hall–Kier alpha value is -2.44. The van der Waals surface area contributed by atoms with E-state index < -0.39 is 0 Å². The zero-order valence-electron chi connectivity index (χ0n) is 16.3. The number of carbonyl (C=O) groups is 1. The summed E-state index contributed by atoms with van der Waals surface area (Å²) in [5.74, 6) is 0.705. The lowest BCUT2D eigenvalue weighted by atomic mass is 10.2. The van der Waals surface area contributed by atoms with Crippen LogP contribution in [-0.4, -0.2) is 45.2 Å². The molecule has 0 unspecified atom stereocenters. The van der Waals surface area contributed by atoms with Crippen LogP contribution in [0.4, 0.5) is 5.13 Å². The number of amides is 1. The highest BCUT2D eigenvalue weighted by molar-refractivity contribution is 7.22. The molecule has 142 valence electrons. The van der Waals surface area contributed by atoms with Crippen molar-refractivity contribution in [3.05, 3.63) is 53.6 Å². The number of nitrogens with zero attached hydrogens (tertiary/aromatic N) is 2. The van der Waals surface area contributed by atoms with E-state index in [2.05, 4.69) is 33.2 Å². The Bertz CT molecular complexity index is 919. The van der Waals surface area contributed by atoms with Gasteiger partial charge in [-0.1, -0.05) is 24.3 Å². The van der Waals surface area contributed by atoms with Crippen LogP contribution in [0, 0.1) is 0 Å². The molecule has 0 atom stereocenters. The maximum Gasteiger partial charge on any atom is 0.260 e. The molecule has 3 aromatic rings. The molecule has 0 bridgehead atoms. The van der Waals surface area contributed by atoms with Crippen LogP contribution in [0.15, 0.2) is 42.5 Å². The molecule has 2 aromatic carbocycles. The minimum atomic E-state index is -0.0336. The number of hydrogen-bond donors (Lipinski definition) is 1. The number of carbonyl (C=O) groups excluding carboxylic acids is 1. The first-order valence-corrected chi connectivity index (χ1v) is 9.98. The molecule has 5 nitrogen and oxygen atoms in total. The molecular weight excluding hydrogens is 358 g/mol. The Balaban J connectivity index is 1.95. The number of benzene rings is 2. The van der Waals surface area contributed by atoms with E-state index in [9.17, 15) is 4.79 Å². The fourth-order valence-corrected chi connectivity index (χ4v) is 3.85. The second-order valence-electron chi connectivity index (χ2n) is 6.79. The van der Waals surface area contributed by atoms with Crippen molar-refractivity contribution in [2.75, 3.05) is 39.2 Å². The molecular formula is C21H26N3O2S+. The molecule has 1 aromatic heterocycles. The largest absolute Gasteiger partial charge is 0.497 e. The second-order valence-corrected chi connectivity index (χ2v) is 7.80. The van der Waals surface area contributed by atoms with Crippen LogP contribution in [-0.2, 0) is 6.42 Å². The molecule has 0 aliphatic heterocycles. The number of ether oxygens (including phenoxy) is 1. The summed E-state index contributed by atoms with van der Waals surface area (Å²) in [5, 5.41) is 0.750. The standard InChI is InChI=1S/C21H25N3O2S/c1-5-15-6-11-18-19(14-15)27-21(22-18)24(13-12-23(2)3)20(25)16-7-9-17(26-4)10-8-16/h6-11,14H,5,12-13H2,1-4H3/p+1. The van der Waals surface area contributed by atoms with E-state index in [0.717, 1.165) is 34.1 Å². The number of aromatic nitrogens is 1. The topological polar surface area (TPSA) is 46.9 Å². The number of fused-ring (bicyclic) bond motifs is 1. The van der Waals surface area contributed by atoms with E-state index in [1.165, 1.54) is 10.5 Å².